The predicted molar refractivity (Wildman–Crippen MR) is 314 cm³/mol. The number of rotatable bonds is 20. The van der Waals surface area contributed by atoms with Crippen LogP contribution < -0.4 is 43.0 Å². The number of Topliss-reactive ketones (excluding diaryl/α,β-unsaturated/α-hetero) is 2. The molecule has 0 unspecified atom stereocenters. The fourth-order valence-electron chi connectivity index (χ4n) is 9.26. The van der Waals surface area contributed by atoms with Crippen molar-refractivity contribution >= 4 is 80.3 Å². The Morgan fingerprint density at radius 1 is 0.780 bits per heavy atom. The minimum absolute atomic E-state index is 0.0196. The van der Waals surface area contributed by atoms with Crippen molar-refractivity contribution in [3.63, 3.8) is 0 Å². The first kappa shape index (κ1) is 66.0. The first-order valence-electron chi connectivity index (χ1n) is 27.7. The summed E-state index contributed by atoms with van der Waals surface area (Å²) < 4.78 is 5.34. The smallest absolute Gasteiger partial charge is 0.407 e. The fraction of sp³-hybridized carbons (Fsp3) is 0.508. The van der Waals surface area contributed by atoms with Crippen LogP contribution in [0.2, 0.25) is 0 Å². The van der Waals surface area contributed by atoms with E-state index in [0.717, 1.165) is 38.3 Å². The number of fused-ring (bicyclic) bond motifs is 1. The van der Waals surface area contributed by atoms with Crippen LogP contribution in [0.4, 0.5) is 4.79 Å². The van der Waals surface area contributed by atoms with Gasteiger partial charge >= 0.3 is 6.09 Å². The van der Waals surface area contributed by atoms with E-state index < -0.39 is 126 Å². The van der Waals surface area contributed by atoms with Gasteiger partial charge in [-0.15, -0.1) is 0 Å². The standard InChI is InChI=1S/C59H80N8O13S2/c1-7-15-48(71)50(34(2)68)66-56(77)47-33-82-81-32-46(64-53(74)43(60)29-36-16-9-8-10-17-36)49(72)31-40(28-37-21-25-41(70)26-22-37)52(73)63-45(30-39-24-23-38-18-11-12-19-42(38)39)55(76)62-44(54(75)67-51(35(3)69)57(78)65-47)20-13-14-27-61-58(79)80-59(4,5)6/h8-12,16-19,21-22,24-26,34-35,40,43-47,50-51,68-70H,7,13-15,20,23,27-33,60H2,1-6H3,(H,61,79)(H,62,76)(H,63,73)(H,64,74)(H,65,78)(H,66,77)(H,67,75)/t34-,35-,40-,43-,44+,45-,46+,47+,50+,51+/m1/s1. The number of aromatic hydroxyl groups is 1. The molecule has 1 saturated heterocycles. The number of carbonyl (C=O) groups is 9. The lowest BCUT2D eigenvalue weighted by Gasteiger charge is -2.29. The van der Waals surface area contributed by atoms with Gasteiger partial charge in [-0.25, -0.2) is 4.79 Å². The van der Waals surface area contributed by atoms with Crippen molar-refractivity contribution in [1.82, 2.24) is 37.2 Å². The molecule has 82 heavy (non-hydrogen) atoms. The second-order valence-corrected chi connectivity index (χ2v) is 24.3. The van der Waals surface area contributed by atoms with Crippen molar-refractivity contribution in [2.45, 2.75) is 166 Å². The van der Waals surface area contributed by atoms with E-state index in [1.165, 1.54) is 26.0 Å². The van der Waals surface area contributed by atoms with Crippen LogP contribution in [-0.4, -0.2) is 147 Å². The highest BCUT2D eigenvalue weighted by atomic mass is 33.1. The number of allylic oxidation sites excluding steroid dienone is 1. The van der Waals surface area contributed by atoms with Crippen LogP contribution in [0, 0.1) is 5.92 Å². The number of aliphatic hydroxyl groups excluding tert-OH is 2. The van der Waals surface area contributed by atoms with E-state index in [-0.39, 0.29) is 68.7 Å². The molecule has 0 aromatic heterocycles. The SMILES string of the molecule is CCCC(=O)[C@@H](NC(=O)[C@@H]1CSSC[C@H](NC(=O)[C@H](N)Cc2ccccc2)C(=O)C[C@@H](Cc2ccc(O)cc2)C(=O)N[C@H](CC2=CCc3ccccc32)C(=O)N[C@@H](CCCCNC(=O)OC(C)(C)C)C(=O)N[C@@H]([C@@H](C)O)C(=O)N1)[C@@H](C)O. The molecular weight excluding hydrogens is 1090 g/mol. The number of ketones is 2. The molecule has 0 saturated carbocycles. The van der Waals surface area contributed by atoms with E-state index in [1.807, 2.05) is 36.4 Å². The van der Waals surface area contributed by atoms with E-state index in [0.29, 0.717) is 24.0 Å². The van der Waals surface area contributed by atoms with Crippen LogP contribution in [0.3, 0.4) is 0 Å². The van der Waals surface area contributed by atoms with E-state index in [4.69, 9.17) is 10.5 Å². The van der Waals surface area contributed by atoms with Crippen molar-refractivity contribution in [2.75, 3.05) is 18.1 Å². The number of carbonyl (C=O) groups excluding carboxylic acids is 9. The molecule has 0 radical (unpaired) electrons. The zero-order valence-corrected chi connectivity index (χ0v) is 49.0. The maximum absolute atomic E-state index is 15.0. The molecule has 5 rings (SSSR count). The number of benzene rings is 3. The van der Waals surface area contributed by atoms with Crippen LogP contribution in [0.25, 0.3) is 5.57 Å². The quantitative estimate of drug-likeness (QED) is 0.0571. The summed E-state index contributed by atoms with van der Waals surface area (Å²) in [4.78, 5) is 127. The van der Waals surface area contributed by atoms with Crippen molar-refractivity contribution in [2.24, 2.45) is 11.7 Å². The van der Waals surface area contributed by atoms with Gasteiger partial charge in [0.15, 0.2) is 11.6 Å². The van der Waals surface area contributed by atoms with E-state index >= 15 is 4.79 Å². The predicted octanol–water partition coefficient (Wildman–Crippen LogP) is 3.24. The van der Waals surface area contributed by atoms with Gasteiger partial charge in [-0.1, -0.05) is 101 Å². The lowest BCUT2D eigenvalue weighted by atomic mass is 9.90. The van der Waals surface area contributed by atoms with E-state index in [1.54, 1.807) is 64.1 Å². The number of nitrogens with two attached hydrogens (primary N) is 1. The topological polar surface area (TPSA) is 334 Å². The van der Waals surface area contributed by atoms with Crippen LogP contribution in [0.5, 0.6) is 5.75 Å². The fourth-order valence-corrected chi connectivity index (χ4v) is 11.6. The van der Waals surface area contributed by atoms with Crippen molar-refractivity contribution in [3.05, 3.63) is 107 Å². The summed E-state index contributed by atoms with van der Waals surface area (Å²) in [7, 11) is 2.04. The van der Waals surface area contributed by atoms with Crippen LogP contribution >= 0.6 is 21.6 Å². The largest absolute Gasteiger partial charge is 0.508 e. The van der Waals surface area contributed by atoms with Crippen molar-refractivity contribution in [1.29, 1.82) is 0 Å². The van der Waals surface area contributed by atoms with Gasteiger partial charge in [-0.3, -0.25) is 38.4 Å². The minimum Gasteiger partial charge on any atom is -0.508 e. The Kier molecular flexibility index (Phi) is 25.9. The Labute approximate surface area is 487 Å². The summed E-state index contributed by atoms with van der Waals surface area (Å²) in [6.45, 7) is 9.56. The second kappa shape index (κ2) is 32.2. The number of hydrogen-bond donors (Lipinski definition) is 11. The Morgan fingerprint density at radius 2 is 1.44 bits per heavy atom. The zero-order valence-electron chi connectivity index (χ0n) is 47.4. The Hall–Kier alpha value is -6.79. The van der Waals surface area contributed by atoms with Crippen molar-refractivity contribution < 1.29 is 63.2 Å². The van der Waals surface area contributed by atoms with Crippen LogP contribution in [0.1, 0.15) is 109 Å². The highest BCUT2D eigenvalue weighted by molar-refractivity contribution is 8.76. The second-order valence-electron chi connectivity index (χ2n) is 21.7. The highest BCUT2D eigenvalue weighted by Gasteiger charge is 2.38. The van der Waals surface area contributed by atoms with E-state index in [2.05, 4.69) is 37.2 Å². The molecule has 12 N–H and O–H groups in total. The molecule has 3 aromatic rings. The Morgan fingerprint density at radius 3 is 2.11 bits per heavy atom. The monoisotopic (exact) mass is 1170 g/mol. The molecule has 3 aromatic carbocycles. The molecule has 1 fully saturated rings. The van der Waals surface area contributed by atoms with Gasteiger partial charge in [0.1, 0.15) is 41.6 Å². The number of ether oxygens (including phenoxy) is 1. The molecule has 1 aliphatic heterocycles. The summed E-state index contributed by atoms with van der Waals surface area (Å²) in [6, 6.07) is 12.7. The molecule has 0 bridgehead atoms. The molecule has 7 amide bonds. The average Bonchev–Trinajstić information content (AvgIpc) is 3.83. The van der Waals surface area contributed by atoms with Crippen molar-refractivity contribution in [3.8, 4) is 5.75 Å². The van der Waals surface area contributed by atoms with Gasteiger partial charge < -0.3 is 63.0 Å². The molecular formula is C59H80N8O13S2. The Balaban J connectivity index is 1.58. The first-order valence-corrected chi connectivity index (χ1v) is 30.2. The number of nitrogens with one attached hydrogen (secondary N) is 7. The summed E-state index contributed by atoms with van der Waals surface area (Å²) in [6.07, 6.45) is -0.799. The summed E-state index contributed by atoms with van der Waals surface area (Å²) in [5.74, 6) is -7.79. The number of phenols is 1. The number of aliphatic hydroxyl groups is 2. The van der Waals surface area contributed by atoms with Gasteiger partial charge in [0.25, 0.3) is 0 Å². The maximum atomic E-state index is 15.0. The molecule has 1 heterocycles. The number of alkyl carbamates (subject to hydrolysis) is 1. The zero-order chi connectivity index (χ0) is 60.1. The molecule has 21 nitrogen and oxygen atoms in total. The van der Waals surface area contributed by atoms with E-state index in [9.17, 15) is 53.7 Å². The van der Waals surface area contributed by atoms with Gasteiger partial charge in [-0.05, 0) is 120 Å². The molecule has 2 aliphatic rings. The lowest BCUT2D eigenvalue weighted by molar-refractivity contribution is -0.137. The highest BCUT2D eigenvalue weighted by Crippen LogP contribution is 2.31. The maximum Gasteiger partial charge on any atom is 0.407 e. The Bertz CT molecular complexity index is 2720. The average molecular weight is 1170 g/mol. The van der Waals surface area contributed by atoms with Gasteiger partial charge in [-0.2, -0.15) is 0 Å². The molecule has 446 valence electrons. The number of hydrogen-bond acceptors (Lipinski definition) is 16. The number of unbranched alkanes of at least 4 members (excludes halogenated alkanes) is 1. The minimum atomic E-state index is -1.75. The van der Waals surface area contributed by atoms with Crippen LogP contribution in [-0.2, 0) is 62.4 Å². The summed E-state index contributed by atoms with van der Waals surface area (Å²) in [5, 5.41) is 50.7. The number of amides is 7. The van der Waals surface area contributed by atoms with Gasteiger partial charge in [0.2, 0.25) is 35.4 Å². The molecule has 10 atom stereocenters. The lowest BCUT2D eigenvalue weighted by Crippen LogP contribution is -2.62. The molecule has 0 spiro atoms. The molecule has 23 heteroatoms. The van der Waals surface area contributed by atoms with Gasteiger partial charge in [0, 0.05) is 43.2 Å². The van der Waals surface area contributed by atoms with Crippen LogP contribution in [0.15, 0.2) is 84.9 Å². The third kappa shape index (κ3) is 21.2. The molecule has 1 aliphatic carbocycles. The normalized spacial score (nSPS) is 22.0. The van der Waals surface area contributed by atoms with Gasteiger partial charge in [0.05, 0.1) is 24.3 Å². The first-order chi connectivity index (χ1) is 38.9. The summed E-state index contributed by atoms with van der Waals surface area (Å²) in [5.41, 5.74) is 9.50. The third-order valence-electron chi connectivity index (χ3n) is 13.7. The summed E-state index contributed by atoms with van der Waals surface area (Å²) >= 11 is 0. The number of phenolic OH excluding ortho intramolecular Hbond substituents is 1. The third-order valence-corrected chi connectivity index (χ3v) is 16.1.